The highest BCUT2D eigenvalue weighted by Gasteiger charge is 2.39. The van der Waals surface area contributed by atoms with Crippen LogP contribution in [0.25, 0.3) is 0 Å². The molecule has 6 nitrogen and oxygen atoms in total. The van der Waals surface area contributed by atoms with Gasteiger partial charge in [0.05, 0.1) is 6.04 Å². The van der Waals surface area contributed by atoms with Gasteiger partial charge in [0, 0.05) is 31.1 Å². The van der Waals surface area contributed by atoms with E-state index in [0.717, 1.165) is 24.1 Å². The molecule has 0 radical (unpaired) electrons. The molecule has 2 heterocycles. The summed E-state index contributed by atoms with van der Waals surface area (Å²) in [5, 5.41) is 4.75. The maximum Gasteiger partial charge on any atom is 0.250 e. The van der Waals surface area contributed by atoms with Crippen molar-refractivity contribution >= 4 is 17.5 Å². The highest BCUT2D eigenvalue weighted by Crippen LogP contribution is 2.31. The first kappa shape index (κ1) is 19.8. The van der Waals surface area contributed by atoms with Gasteiger partial charge in [0.2, 0.25) is 5.91 Å². The molecule has 7 heteroatoms. The number of carbonyl (C=O) groups excluding carboxylic acids is 2. The Morgan fingerprint density at radius 3 is 2.74 bits per heavy atom. The van der Waals surface area contributed by atoms with Gasteiger partial charge in [-0.15, -0.1) is 0 Å². The Morgan fingerprint density at radius 2 is 1.90 bits per heavy atom. The second kappa shape index (κ2) is 8.15. The standard InChI is InChI=1S/C24H25FN4O2/c25-19-7-4-17(5-8-19)21-15-22-24(31)28(12-13-29(22)27-21)11-10-23(30)26-20-9-6-16-2-1-3-18(16)14-20/h4-9,12-14,21-22,27H,1-3,10-11,15H2,(H,26,30). The van der Waals surface area contributed by atoms with Crippen LogP contribution < -0.4 is 10.7 Å². The molecule has 3 aliphatic rings. The van der Waals surface area contributed by atoms with Gasteiger partial charge in [-0.05, 0) is 66.6 Å². The molecular formula is C24H25FN4O2. The average Bonchev–Trinajstić information content (AvgIpc) is 3.41. The molecule has 1 saturated heterocycles. The van der Waals surface area contributed by atoms with E-state index < -0.39 is 0 Å². The zero-order valence-corrected chi connectivity index (χ0v) is 17.2. The lowest BCUT2D eigenvalue weighted by Gasteiger charge is -2.31. The summed E-state index contributed by atoms with van der Waals surface area (Å²) < 4.78 is 13.2. The van der Waals surface area contributed by atoms with Crippen molar-refractivity contribution in [1.29, 1.82) is 0 Å². The monoisotopic (exact) mass is 420 g/mol. The van der Waals surface area contributed by atoms with E-state index in [-0.39, 0.29) is 36.1 Å². The largest absolute Gasteiger partial charge is 0.326 e. The van der Waals surface area contributed by atoms with Crippen LogP contribution in [0.4, 0.5) is 10.1 Å². The van der Waals surface area contributed by atoms with Gasteiger partial charge in [0.25, 0.3) is 5.91 Å². The molecule has 2 aromatic carbocycles. The van der Waals surface area contributed by atoms with Gasteiger partial charge in [-0.2, -0.15) is 0 Å². The second-order valence-electron chi connectivity index (χ2n) is 8.36. The molecule has 2 amide bonds. The van der Waals surface area contributed by atoms with Crippen LogP contribution in [0.1, 0.15) is 42.0 Å². The van der Waals surface area contributed by atoms with E-state index >= 15 is 0 Å². The number of hydrazine groups is 1. The number of benzene rings is 2. The topological polar surface area (TPSA) is 64.7 Å². The number of amides is 2. The maximum atomic E-state index is 13.2. The number of anilines is 1. The van der Waals surface area contributed by atoms with Crippen molar-refractivity contribution in [1.82, 2.24) is 15.3 Å². The van der Waals surface area contributed by atoms with E-state index in [1.54, 1.807) is 28.2 Å². The van der Waals surface area contributed by atoms with Crippen molar-refractivity contribution in [3.63, 3.8) is 0 Å². The Hall–Kier alpha value is -3.19. The summed E-state index contributed by atoms with van der Waals surface area (Å²) in [6.07, 6.45) is 7.71. The lowest BCUT2D eigenvalue weighted by Crippen LogP contribution is -2.48. The van der Waals surface area contributed by atoms with Gasteiger partial charge in [-0.25, -0.2) is 9.82 Å². The van der Waals surface area contributed by atoms with E-state index in [2.05, 4.69) is 22.9 Å². The van der Waals surface area contributed by atoms with E-state index in [0.29, 0.717) is 13.0 Å². The van der Waals surface area contributed by atoms with Gasteiger partial charge in [-0.3, -0.25) is 9.59 Å². The number of hydrogen-bond donors (Lipinski definition) is 2. The molecule has 160 valence electrons. The number of nitrogens with one attached hydrogen (secondary N) is 2. The van der Waals surface area contributed by atoms with Crippen molar-refractivity contribution in [3.8, 4) is 0 Å². The zero-order chi connectivity index (χ0) is 21.4. The van der Waals surface area contributed by atoms with Gasteiger partial charge >= 0.3 is 0 Å². The minimum atomic E-state index is -0.333. The summed E-state index contributed by atoms with van der Waals surface area (Å²) in [5.74, 6) is -0.417. The minimum Gasteiger partial charge on any atom is -0.326 e. The summed E-state index contributed by atoms with van der Waals surface area (Å²) in [6, 6.07) is 12.0. The molecule has 0 aromatic heterocycles. The van der Waals surface area contributed by atoms with Crippen molar-refractivity contribution in [2.24, 2.45) is 0 Å². The molecule has 2 N–H and O–H groups in total. The Balaban J connectivity index is 1.16. The summed E-state index contributed by atoms with van der Waals surface area (Å²) >= 11 is 0. The number of carbonyl (C=O) groups is 2. The third-order valence-electron chi connectivity index (χ3n) is 6.31. The number of halogens is 1. The van der Waals surface area contributed by atoms with Crippen LogP contribution in [0.3, 0.4) is 0 Å². The normalized spacial score (nSPS) is 21.9. The minimum absolute atomic E-state index is 0.0371. The quantitative estimate of drug-likeness (QED) is 0.779. The third kappa shape index (κ3) is 4.05. The lowest BCUT2D eigenvalue weighted by atomic mass is 10.0. The molecule has 31 heavy (non-hydrogen) atoms. The Labute approximate surface area is 180 Å². The smallest absolute Gasteiger partial charge is 0.250 e. The number of hydrogen-bond acceptors (Lipinski definition) is 4. The predicted octanol–water partition coefficient (Wildman–Crippen LogP) is 3.28. The van der Waals surface area contributed by atoms with Gasteiger partial charge in [0.1, 0.15) is 11.9 Å². The maximum absolute atomic E-state index is 13.2. The van der Waals surface area contributed by atoms with Crippen LogP contribution in [0, 0.1) is 5.82 Å². The van der Waals surface area contributed by atoms with Crippen LogP contribution in [-0.4, -0.2) is 34.3 Å². The van der Waals surface area contributed by atoms with E-state index in [1.165, 1.54) is 29.7 Å². The summed E-state index contributed by atoms with van der Waals surface area (Å²) in [5.41, 5.74) is 7.74. The third-order valence-corrected chi connectivity index (χ3v) is 6.31. The zero-order valence-electron chi connectivity index (χ0n) is 17.2. The molecule has 1 aliphatic carbocycles. The molecular weight excluding hydrogens is 395 g/mol. The first-order valence-electron chi connectivity index (χ1n) is 10.8. The number of nitrogens with zero attached hydrogens (tertiary/aromatic N) is 2. The highest BCUT2D eigenvalue weighted by atomic mass is 19.1. The van der Waals surface area contributed by atoms with Gasteiger partial charge in [0.15, 0.2) is 0 Å². The van der Waals surface area contributed by atoms with E-state index in [4.69, 9.17) is 0 Å². The molecule has 0 spiro atoms. The van der Waals surface area contributed by atoms with E-state index in [9.17, 15) is 14.0 Å². The molecule has 0 bridgehead atoms. The number of fused-ring (bicyclic) bond motifs is 2. The molecule has 2 atom stereocenters. The summed E-state index contributed by atoms with van der Waals surface area (Å²) in [7, 11) is 0. The van der Waals surface area contributed by atoms with Crippen LogP contribution >= 0.6 is 0 Å². The van der Waals surface area contributed by atoms with Crippen LogP contribution in [0.5, 0.6) is 0 Å². The Bertz CT molecular complexity index is 1040. The fraction of sp³-hybridized carbons (Fsp3) is 0.333. The SMILES string of the molecule is O=C(CCN1C=CN2NC(c3ccc(F)cc3)CC2C1=O)Nc1ccc2c(c1)CCC2. The Morgan fingerprint density at radius 1 is 1.10 bits per heavy atom. The number of aryl methyl sites for hydroxylation is 2. The van der Waals surface area contributed by atoms with Crippen LogP contribution in [0.15, 0.2) is 54.9 Å². The first-order valence-corrected chi connectivity index (χ1v) is 10.8. The summed E-state index contributed by atoms with van der Waals surface area (Å²) in [4.78, 5) is 27.0. The fourth-order valence-corrected chi connectivity index (χ4v) is 4.63. The van der Waals surface area contributed by atoms with Crippen molar-refractivity contribution in [2.75, 3.05) is 11.9 Å². The Kier molecular flexibility index (Phi) is 5.19. The average molecular weight is 420 g/mol. The second-order valence-corrected chi connectivity index (χ2v) is 8.36. The molecule has 0 saturated carbocycles. The van der Waals surface area contributed by atoms with Gasteiger partial charge < -0.3 is 15.2 Å². The molecule has 2 aromatic rings. The predicted molar refractivity (Wildman–Crippen MR) is 115 cm³/mol. The van der Waals surface area contributed by atoms with Crippen LogP contribution in [-0.2, 0) is 22.4 Å². The highest BCUT2D eigenvalue weighted by molar-refractivity contribution is 5.91. The lowest BCUT2D eigenvalue weighted by molar-refractivity contribution is -0.134. The fourth-order valence-electron chi connectivity index (χ4n) is 4.63. The molecule has 1 fully saturated rings. The van der Waals surface area contributed by atoms with Crippen molar-refractivity contribution in [2.45, 2.75) is 44.2 Å². The van der Waals surface area contributed by atoms with Gasteiger partial charge in [-0.1, -0.05) is 18.2 Å². The van der Waals surface area contributed by atoms with E-state index in [1.807, 2.05) is 12.3 Å². The number of rotatable bonds is 5. The van der Waals surface area contributed by atoms with Crippen LogP contribution in [0.2, 0.25) is 0 Å². The molecule has 2 unspecified atom stereocenters. The molecule has 2 aliphatic heterocycles. The first-order chi connectivity index (χ1) is 15.1. The summed E-state index contributed by atoms with van der Waals surface area (Å²) in [6.45, 7) is 0.331. The van der Waals surface area contributed by atoms with Crippen molar-refractivity contribution < 1.29 is 14.0 Å². The molecule has 5 rings (SSSR count). The van der Waals surface area contributed by atoms with Crippen molar-refractivity contribution in [3.05, 3.63) is 77.4 Å².